The van der Waals surface area contributed by atoms with Crippen LogP contribution in [0.2, 0.25) is 5.02 Å². The molecule has 0 radical (unpaired) electrons. The molecule has 35 heavy (non-hydrogen) atoms. The molecule has 0 saturated heterocycles. The van der Waals surface area contributed by atoms with E-state index in [4.69, 9.17) is 90.7 Å². The van der Waals surface area contributed by atoms with E-state index in [0.717, 1.165) is 19.9 Å². The minimum absolute atomic E-state index is 0.171. The zero-order valence-corrected chi connectivity index (χ0v) is 23.5. The van der Waals surface area contributed by atoms with Crippen LogP contribution in [0, 0.1) is 0 Å². The number of rotatable bonds is 4. The Bertz CT molecular complexity index is 1450. The number of halogens is 7. The van der Waals surface area contributed by atoms with Gasteiger partial charge in [0.1, 0.15) is 20.4 Å². The number of ether oxygens (including phenoxy) is 2. The molecule has 6 nitrogen and oxygen atoms in total. The first-order valence-corrected chi connectivity index (χ1v) is 13.6. The SMILES string of the molecule is CC(=O)Oc1cc(S(=O)(=O)c2ccc(Cl)cc2)c(OC(C)=O)c2c1C1(Cl)C(Cl)=C(Cl)C2(Cl)C1(Cl)Cl. The van der Waals surface area contributed by atoms with E-state index in [-0.39, 0.29) is 36.9 Å². The largest absolute Gasteiger partial charge is 0.426 e. The molecule has 0 heterocycles. The maximum Gasteiger partial charge on any atom is 0.308 e. The molecule has 2 aromatic carbocycles. The van der Waals surface area contributed by atoms with Crippen molar-refractivity contribution in [3.8, 4) is 11.5 Å². The van der Waals surface area contributed by atoms with Gasteiger partial charge in [-0.05, 0) is 24.3 Å². The molecule has 2 aromatic rings. The fourth-order valence-corrected chi connectivity index (χ4v) is 8.27. The molecule has 0 aromatic heterocycles. The second-order valence-corrected chi connectivity index (χ2v) is 13.2. The second kappa shape index (κ2) is 8.57. The Morgan fingerprint density at radius 2 is 1.29 bits per heavy atom. The van der Waals surface area contributed by atoms with E-state index in [2.05, 4.69) is 0 Å². The minimum atomic E-state index is -4.45. The van der Waals surface area contributed by atoms with E-state index < -0.39 is 46.5 Å². The third kappa shape index (κ3) is 3.54. The normalized spacial score (nSPS) is 24.4. The van der Waals surface area contributed by atoms with Crippen molar-refractivity contribution in [2.45, 2.75) is 37.7 Å². The Morgan fingerprint density at radius 3 is 1.77 bits per heavy atom. The maximum atomic E-state index is 13.7. The van der Waals surface area contributed by atoms with Gasteiger partial charge in [0.25, 0.3) is 0 Å². The molecule has 2 unspecified atom stereocenters. The lowest BCUT2D eigenvalue weighted by atomic mass is 9.93. The summed E-state index contributed by atoms with van der Waals surface area (Å²) in [7, 11) is -4.45. The van der Waals surface area contributed by atoms with Crippen LogP contribution in [-0.4, -0.2) is 24.7 Å². The summed E-state index contributed by atoms with van der Waals surface area (Å²) in [4.78, 5) is 19.0. The molecule has 0 spiro atoms. The van der Waals surface area contributed by atoms with Crippen LogP contribution in [0.25, 0.3) is 0 Å². The number of sulfone groups is 1. The predicted molar refractivity (Wildman–Crippen MR) is 134 cm³/mol. The fourth-order valence-electron chi connectivity index (χ4n) is 4.06. The van der Waals surface area contributed by atoms with Crippen LogP contribution in [0.3, 0.4) is 0 Å². The van der Waals surface area contributed by atoms with Crippen molar-refractivity contribution in [2.75, 3.05) is 0 Å². The third-order valence-corrected chi connectivity index (χ3v) is 11.6. The molecule has 0 amide bonds. The van der Waals surface area contributed by atoms with E-state index in [1.54, 1.807) is 0 Å². The maximum absolute atomic E-state index is 13.7. The van der Waals surface area contributed by atoms with Gasteiger partial charge in [-0.1, -0.05) is 58.0 Å². The number of carbonyl (C=O) groups excluding carboxylic acids is 2. The van der Waals surface area contributed by atoms with Crippen LogP contribution in [0.4, 0.5) is 0 Å². The van der Waals surface area contributed by atoms with Crippen LogP contribution < -0.4 is 9.47 Å². The highest BCUT2D eigenvalue weighted by molar-refractivity contribution is 7.91. The summed E-state index contributed by atoms with van der Waals surface area (Å²) in [5, 5.41) is -0.319. The highest BCUT2D eigenvalue weighted by Crippen LogP contribution is 2.80. The molecular formula is C21H11Cl7O6S. The predicted octanol–water partition coefficient (Wildman–Crippen LogP) is 6.78. The van der Waals surface area contributed by atoms with Gasteiger partial charge in [0.05, 0.1) is 15.0 Å². The Balaban J connectivity index is 2.20. The summed E-state index contributed by atoms with van der Waals surface area (Å²) >= 11 is 45.7. The number of benzene rings is 2. The topological polar surface area (TPSA) is 86.7 Å². The summed E-state index contributed by atoms with van der Waals surface area (Å²) in [5.74, 6) is -2.67. The zero-order valence-electron chi connectivity index (χ0n) is 17.4. The standard InChI is InChI=1S/C21H11Cl7O6S/c1-8(29)33-12-7-13(35(31,32)11-5-3-10(22)4-6-11)16(34-9(2)30)15-14(12)19(25)17(23)18(24)20(15,26)21(19,27)28/h3-7H,1-2H3. The van der Waals surface area contributed by atoms with Crippen molar-refractivity contribution in [1.82, 2.24) is 0 Å². The van der Waals surface area contributed by atoms with Crippen LogP contribution in [0.15, 0.2) is 50.2 Å². The third-order valence-electron chi connectivity index (χ3n) is 5.47. The summed E-state index contributed by atoms with van der Waals surface area (Å²) in [6, 6.07) is 6.12. The van der Waals surface area contributed by atoms with E-state index in [0.29, 0.717) is 0 Å². The molecule has 0 aliphatic heterocycles. The number of fused-ring (bicyclic) bond motifs is 5. The van der Waals surface area contributed by atoms with Crippen LogP contribution >= 0.6 is 81.2 Å². The average Bonchev–Trinajstić information content (AvgIpc) is 2.95. The number of esters is 2. The first-order valence-electron chi connectivity index (χ1n) is 9.44. The molecular weight excluding hydrogens is 628 g/mol. The number of alkyl halides is 4. The van der Waals surface area contributed by atoms with Gasteiger partial charge in [0.2, 0.25) is 9.84 Å². The molecule has 4 rings (SSSR count). The molecule has 0 saturated carbocycles. The molecule has 2 atom stereocenters. The Hall–Kier alpha value is -0.900. The van der Waals surface area contributed by atoms with Crippen LogP contribution in [0.1, 0.15) is 25.0 Å². The summed E-state index contributed by atoms with van der Waals surface area (Å²) in [5.41, 5.74) is -0.454. The first-order chi connectivity index (χ1) is 16.0. The summed E-state index contributed by atoms with van der Waals surface area (Å²) in [6.45, 7) is 2.11. The number of carbonyl (C=O) groups is 2. The first kappa shape index (κ1) is 27.1. The monoisotopic (exact) mass is 636 g/mol. The Morgan fingerprint density at radius 1 is 0.800 bits per heavy atom. The molecule has 2 aliphatic carbocycles. The Labute approximate surface area is 234 Å². The fraction of sp³-hybridized carbons (Fsp3) is 0.238. The number of hydrogen-bond acceptors (Lipinski definition) is 6. The van der Waals surface area contributed by atoms with Gasteiger partial charge in [-0.2, -0.15) is 0 Å². The molecule has 0 N–H and O–H groups in total. The van der Waals surface area contributed by atoms with Crippen molar-refractivity contribution < 1.29 is 27.5 Å². The Kier molecular flexibility index (Phi) is 6.64. The van der Waals surface area contributed by atoms with Gasteiger partial charge in [0, 0.05) is 36.1 Å². The number of hydrogen-bond donors (Lipinski definition) is 0. The van der Waals surface area contributed by atoms with Gasteiger partial charge in [-0.3, -0.25) is 9.59 Å². The van der Waals surface area contributed by atoms with E-state index in [1.165, 1.54) is 24.3 Å². The van der Waals surface area contributed by atoms with Gasteiger partial charge in [0.15, 0.2) is 10.1 Å². The lowest BCUT2D eigenvalue weighted by molar-refractivity contribution is -0.133. The molecule has 0 fully saturated rings. The van der Waals surface area contributed by atoms with Crippen LogP contribution in [0.5, 0.6) is 11.5 Å². The van der Waals surface area contributed by atoms with Crippen molar-refractivity contribution in [1.29, 1.82) is 0 Å². The highest BCUT2D eigenvalue weighted by Gasteiger charge is 2.79. The van der Waals surface area contributed by atoms with Crippen molar-refractivity contribution in [2.24, 2.45) is 0 Å². The van der Waals surface area contributed by atoms with Crippen molar-refractivity contribution >= 4 is 103 Å². The van der Waals surface area contributed by atoms with E-state index >= 15 is 0 Å². The van der Waals surface area contributed by atoms with Gasteiger partial charge >= 0.3 is 11.9 Å². The minimum Gasteiger partial charge on any atom is -0.426 e. The van der Waals surface area contributed by atoms with Crippen molar-refractivity contribution in [3.63, 3.8) is 0 Å². The molecule has 2 bridgehead atoms. The van der Waals surface area contributed by atoms with Gasteiger partial charge in [-0.25, -0.2) is 8.42 Å². The average molecular weight is 640 g/mol. The summed E-state index contributed by atoms with van der Waals surface area (Å²) < 4.78 is 35.8. The lowest BCUT2D eigenvalue weighted by Gasteiger charge is -2.31. The van der Waals surface area contributed by atoms with Gasteiger partial charge < -0.3 is 9.47 Å². The molecule has 186 valence electrons. The smallest absolute Gasteiger partial charge is 0.308 e. The molecule has 14 heteroatoms. The quantitative estimate of drug-likeness (QED) is 0.208. The van der Waals surface area contributed by atoms with Gasteiger partial charge in [-0.15, -0.1) is 23.2 Å². The highest BCUT2D eigenvalue weighted by atomic mass is 35.5. The number of allylic oxidation sites excluding steroid dienone is 2. The summed E-state index contributed by atoms with van der Waals surface area (Å²) in [6.07, 6.45) is 0. The van der Waals surface area contributed by atoms with E-state index in [1.807, 2.05) is 0 Å². The molecule has 2 aliphatic rings. The van der Waals surface area contributed by atoms with Crippen LogP contribution in [-0.2, 0) is 29.2 Å². The zero-order chi connectivity index (χ0) is 26.3. The van der Waals surface area contributed by atoms with Crippen molar-refractivity contribution in [3.05, 3.63) is 56.5 Å². The van der Waals surface area contributed by atoms with E-state index in [9.17, 15) is 18.0 Å². The lowest BCUT2D eigenvalue weighted by Crippen LogP contribution is -2.39. The second-order valence-electron chi connectivity index (χ2n) is 7.62.